The molecule has 3 saturated heterocycles. The Morgan fingerprint density at radius 1 is 0.955 bits per heavy atom. The van der Waals surface area contributed by atoms with Gasteiger partial charge in [0.25, 0.3) is 15.9 Å². The molecule has 0 saturated carbocycles. The number of nitrogens with one attached hydrogen (secondary N) is 3. The first-order valence-electron chi connectivity index (χ1n) is 23.5. The maximum Gasteiger partial charge on any atom is 0.268 e. The van der Waals surface area contributed by atoms with Gasteiger partial charge in [-0.1, -0.05) is 29.3 Å². The Balaban J connectivity index is 0.906. The summed E-state index contributed by atoms with van der Waals surface area (Å²) in [4.78, 5) is 28.3. The molecule has 5 heterocycles. The Morgan fingerprint density at radius 2 is 1.72 bits per heavy atom. The highest BCUT2D eigenvalue weighted by atomic mass is 35.5. The van der Waals surface area contributed by atoms with Crippen molar-refractivity contribution in [2.24, 2.45) is 11.3 Å². The van der Waals surface area contributed by atoms with Crippen molar-refractivity contribution in [1.82, 2.24) is 24.5 Å². The molecule has 356 valence electrons. The number of pyridine rings is 1. The molecular formula is C51H60ClF2N7O5S. The molecule has 0 bridgehead atoms. The lowest BCUT2D eigenvalue weighted by Crippen LogP contribution is -2.49. The molecule has 2 aromatic heterocycles. The highest BCUT2D eigenvalue weighted by Gasteiger charge is 2.40. The molecule has 3 fully saturated rings. The molecule has 4 aliphatic rings. The summed E-state index contributed by atoms with van der Waals surface area (Å²) in [6.07, 6.45) is 10.1. The number of hydrogen-bond donors (Lipinski definition) is 3. The normalized spacial score (nSPS) is 18.8. The number of rotatable bonds is 15. The number of nitrogens with zero attached hydrogens (tertiary/aromatic N) is 4. The van der Waals surface area contributed by atoms with E-state index in [9.17, 15) is 22.0 Å². The van der Waals surface area contributed by atoms with E-state index in [4.69, 9.17) is 21.1 Å². The average molecular weight is 957 g/mol. The number of benzene rings is 3. The van der Waals surface area contributed by atoms with E-state index in [0.717, 1.165) is 107 Å². The number of halogens is 3. The Labute approximate surface area is 397 Å². The molecule has 1 aliphatic carbocycles. The fourth-order valence-electron chi connectivity index (χ4n) is 10.4. The van der Waals surface area contributed by atoms with Crippen molar-refractivity contribution in [3.05, 3.63) is 112 Å². The highest BCUT2D eigenvalue weighted by molar-refractivity contribution is 7.90. The predicted octanol–water partition coefficient (Wildman–Crippen LogP) is 9.42. The SMILES string of the molecule is Cc1cc(S(=O)(=O)NC(=O)c2ccc(N3CCN(CC4=C(c5ccc(Cl)cc5)CCC5(CCN(C(CF)CF)CC5)C4)CC3)cc2Oc2cnc3[nH]ccc3c2)ccc1NCC1CCOCC1. The number of piperidine rings is 1. The van der Waals surface area contributed by atoms with Crippen LogP contribution < -0.4 is 19.7 Å². The number of H-pyrrole nitrogens is 1. The maximum atomic E-state index is 14.0. The van der Waals surface area contributed by atoms with Crippen LogP contribution in [0.5, 0.6) is 11.5 Å². The summed E-state index contributed by atoms with van der Waals surface area (Å²) in [5.74, 6) is 0.276. The Morgan fingerprint density at radius 3 is 2.45 bits per heavy atom. The van der Waals surface area contributed by atoms with Crippen LogP contribution in [0.3, 0.4) is 0 Å². The van der Waals surface area contributed by atoms with Crippen LogP contribution in [0.2, 0.25) is 5.02 Å². The second kappa shape index (κ2) is 20.7. The Hall–Kier alpha value is -5.06. The number of ether oxygens (including phenoxy) is 2. The maximum absolute atomic E-state index is 14.0. The molecule has 3 N–H and O–H groups in total. The van der Waals surface area contributed by atoms with Crippen molar-refractivity contribution in [1.29, 1.82) is 0 Å². The summed E-state index contributed by atoms with van der Waals surface area (Å²) in [6, 6.07) is 21.3. The number of aryl methyl sites for hydroxylation is 1. The molecule has 0 radical (unpaired) electrons. The van der Waals surface area contributed by atoms with Crippen LogP contribution >= 0.6 is 11.6 Å². The first-order valence-corrected chi connectivity index (χ1v) is 25.4. The van der Waals surface area contributed by atoms with Gasteiger partial charge in [-0.3, -0.25) is 14.6 Å². The van der Waals surface area contributed by atoms with Crippen LogP contribution in [0.1, 0.15) is 66.4 Å². The van der Waals surface area contributed by atoms with E-state index in [-0.39, 0.29) is 21.6 Å². The smallest absolute Gasteiger partial charge is 0.268 e. The van der Waals surface area contributed by atoms with Crippen molar-refractivity contribution in [2.75, 3.05) is 89.1 Å². The highest BCUT2D eigenvalue weighted by Crippen LogP contribution is 2.49. The third-order valence-corrected chi connectivity index (χ3v) is 16.0. The predicted molar refractivity (Wildman–Crippen MR) is 260 cm³/mol. The van der Waals surface area contributed by atoms with E-state index in [0.29, 0.717) is 48.5 Å². The number of aromatic nitrogens is 2. The van der Waals surface area contributed by atoms with E-state index in [2.05, 4.69) is 41.9 Å². The van der Waals surface area contributed by atoms with Gasteiger partial charge in [-0.05, 0) is 148 Å². The van der Waals surface area contributed by atoms with Gasteiger partial charge in [-0.2, -0.15) is 0 Å². The van der Waals surface area contributed by atoms with Crippen molar-refractivity contribution in [3.63, 3.8) is 0 Å². The second-order valence-corrected chi connectivity index (χ2v) is 20.9. The minimum Gasteiger partial charge on any atom is -0.455 e. The number of carbonyl (C=O) groups excluding carboxylic acids is 1. The number of aromatic amines is 1. The number of carbonyl (C=O) groups is 1. The van der Waals surface area contributed by atoms with Crippen molar-refractivity contribution >= 4 is 55.5 Å². The molecule has 67 heavy (non-hydrogen) atoms. The van der Waals surface area contributed by atoms with Crippen LogP contribution in [0.15, 0.2) is 95.7 Å². The number of anilines is 2. The summed E-state index contributed by atoms with van der Waals surface area (Å²) < 4.78 is 68.9. The lowest BCUT2D eigenvalue weighted by atomic mass is 9.65. The van der Waals surface area contributed by atoms with Gasteiger partial charge in [-0.15, -0.1) is 0 Å². The van der Waals surface area contributed by atoms with E-state index < -0.39 is 35.3 Å². The van der Waals surface area contributed by atoms with E-state index in [1.165, 1.54) is 22.8 Å². The number of hydrogen-bond acceptors (Lipinski definition) is 10. The summed E-state index contributed by atoms with van der Waals surface area (Å²) in [5.41, 5.74) is 7.28. The van der Waals surface area contributed by atoms with E-state index in [1.807, 2.05) is 42.2 Å². The lowest BCUT2D eigenvalue weighted by Gasteiger charge is -2.47. The fourth-order valence-corrected chi connectivity index (χ4v) is 11.5. The molecule has 1 amide bonds. The minimum absolute atomic E-state index is 0.0147. The van der Waals surface area contributed by atoms with Gasteiger partial charge < -0.3 is 24.7 Å². The van der Waals surface area contributed by atoms with Gasteiger partial charge in [0, 0.05) is 86.5 Å². The Kier molecular flexibility index (Phi) is 14.5. The number of allylic oxidation sites excluding steroid dienone is 1. The molecule has 9 rings (SSSR count). The van der Waals surface area contributed by atoms with Crippen LogP contribution in [-0.4, -0.2) is 119 Å². The molecule has 5 aromatic rings. The summed E-state index contributed by atoms with van der Waals surface area (Å²) in [7, 11) is -4.25. The first kappa shape index (κ1) is 47.0. The van der Waals surface area contributed by atoms with Gasteiger partial charge in [0.15, 0.2) is 0 Å². The monoisotopic (exact) mass is 955 g/mol. The van der Waals surface area contributed by atoms with Gasteiger partial charge in [0.05, 0.1) is 22.7 Å². The van der Waals surface area contributed by atoms with Gasteiger partial charge in [0.1, 0.15) is 30.5 Å². The molecule has 16 heteroatoms. The third kappa shape index (κ3) is 11.0. The molecular weight excluding hydrogens is 896 g/mol. The largest absolute Gasteiger partial charge is 0.455 e. The van der Waals surface area contributed by atoms with E-state index >= 15 is 0 Å². The van der Waals surface area contributed by atoms with Gasteiger partial charge >= 0.3 is 0 Å². The number of sulfonamides is 1. The topological polar surface area (TPSA) is 132 Å². The van der Waals surface area contributed by atoms with Crippen LogP contribution in [0.25, 0.3) is 16.6 Å². The molecule has 0 atom stereocenters. The quantitative estimate of drug-likeness (QED) is 0.0933. The molecule has 1 spiro atoms. The molecule has 3 aliphatic heterocycles. The second-order valence-electron chi connectivity index (χ2n) is 18.7. The average Bonchev–Trinajstić information content (AvgIpc) is 3.81. The number of likely N-dealkylation sites (tertiary alicyclic amines) is 1. The van der Waals surface area contributed by atoms with E-state index in [1.54, 1.807) is 36.7 Å². The zero-order chi connectivity index (χ0) is 46.5. The van der Waals surface area contributed by atoms with Gasteiger partial charge in [0.2, 0.25) is 0 Å². The standard InChI is InChI=1S/C51H60ClF2N7O5S/c1-35-26-44(7-9-47(35)56-32-36-12-24-65-25-13-36)67(63,64)58-50(62)46-8-6-41(28-48(46)66-43-27-38-11-17-55-49(38)57-33-43)61-22-20-59(21-23-61)34-39-29-51(15-18-60(19-16-51)42(30-53)31-54)14-10-45(39)37-2-4-40(52)5-3-37/h2-9,11,17,26-28,33,36,42,56H,10,12-16,18-25,29-32,34H2,1H3,(H,55,57)(H,58,62). The van der Waals surface area contributed by atoms with Crippen LogP contribution in [0.4, 0.5) is 20.2 Å². The summed E-state index contributed by atoms with van der Waals surface area (Å²) in [6.45, 7) is 8.06. The van der Waals surface area contributed by atoms with Gasteiger partial charge in [-0.25, -0.2) is 26.9 Å². The molecule has 3 aromatic carbocycles. The zero-order valence-corrected chi connectivity index (χ0v) is 39.6. The lowest BCUT2D eigenvalue weighted by molar-refractivity contribution is 0.0452. The first-order chi connectivity index (χ1) is 32.5. The van der Waals surface area contributed by atoms with Crippen LogP contribution in [0, 0.1) is 18.3 Å². The fraction of sp³-hybridized carbons (Fsp3) is 0.451. The van der Waals surface area contributed by atoms with Crippen LogP contribution in [-0.2, 0) is 14.8 Å². The minimum atomic E-state index is -4.25. The number of piperazine rings is 1. The number of fused-ring (bicyclic) bond motifs is 1. The summed E-state index contributed by atoms with van der Waals surface area (Å²) in [5, 5.41) is 4.98. The zero-order valence-electron chi connectivity index (χ0n) is 38.0. The number of amides is 1. The van der Waals surface area contributed by atoms with Crippen molar-refractivity contribution in [2.45, 2.75) is 62.8 Å². The number of alkyl halides is 2. The van der Waals surface area contributed by atoms with Crippen molar-refractivity contribution in [3.8, 4) is 11.5 Å². The summed E-state index contributed by atoms with van der Waals surface area (Å²) >= 11 is 6.31. The third-order valence-electron chi connectivity index (χ3n) is 14.5. The van der Waals surface area contributed by atoms with Crippen molar-refractivity contribution < 1.29 is 31.5 Å². The Bertz CT molecular complexity index is 2670. The molecule has 12 nitrogen and oxygen atoms in total. The molecule has 0 unspecified atom stereocenters.